The maximum absolute atomic E-state index is 12.5. The van der Waals surface area contributed by atoms with Crippen LogP contribution in [0.1, 0.15) is 66.7 Å². The highest BCUT2D eigenvalue weighted by molar-refractivity contribution is 9.11. The fraction of sp³-hybridized carbons (Fsp3) is 0.765. The summed E-state index contributed by atoms with van der Waals surface area (Å²) in [5.41, 5.74) is 1.18. The Bertz CT molecular complexity index is 4360. The number of carbonyl (C=O) groups excluding carboxylic acids is 2. The first-order valence-electron chi connectivity index (χ1n) is 47.7. The first-order valence-corrected chi connectivity index (χ1v) is 56.6. The number of ether oxygens (including phenoxy) is 4. The molecule has 0 saturated carbocycles. The standard InChI is InChI=1S/C9H16N2O3S.C9H16N.C8H13BrN.C8H13FNO.C8H14N2O3S.C8H16NO2P.C8H16NO2S.2C8H18NO.C8H14N.C7H13F3NO2.C7H18NO.C6H15FNO/c1-5-7-11(2,3)8-6-9(12)10-15(4,13)14;1-6-7-10(4,5)8-9(2)3;1-5-6-10(3,4)7-8(2)9;1-2-4-10(7-9)5-3-8(11)6-10;1-5-6-10(2,3)7-8(11)9-14(4,12)13;2*1-5-6-9(2,3)7-8-12(4,10)11;1-4-8-7-10-6-5-9(8,2)3;1-4-5-9(2,3)8-6-10-7-8;1-5-7-9(3,4)8-6-2;1-11(2)3-4-13-6(12,5-11)7(8,9)10;1-5-6-8(2,3)7-9-4;1-3-8(2,6-7)4-5-9/h1H,6-8H2,2-4H3;1H,2,7-8H2,3-5H3;1H,2,6-7H2,3-4H3;1,8,11H,3-7H2;1H,6-7H2,2-4H3;2*1H,6-8H2,2-4H3;2*8H,4-7H2,1-3H3;1,6H,2,7-8H2,3-4H3;12H,3-5H2,1-2H3;5-7H2,1-4H3;9H,3-6H2,1-2H3/q;3*+1;;;7*+1/p+3/t;;;8-,10?;;;;;;;;;/m...1........./s1. The number of rotatable bonds is 40. The number of quaternary nitrogens is 13. The molecule has 4 heterocycles. The molecule has 32 nitrogen and oxygen atoms in total. The molecule has 4 aliphatic heterocycles. The minimum absolute atomic E-state index is 0.0390. The Morgan fingerprint density at radius 2 is 1.02 bits per heavy atom. The molecular weight excluding hydrogens is 2010 g/mol. The lowest BCUT2D eigenvalue weighted by molar-refractivity contribution is -0.924. The Kier molecular flexibility index (Phi) is 80.9. The lowest BCUT2D eigenvalue weighted by Crippen LogP contribution is -2.65. The van der Waals surface area contributed by atoms with Crippen molar-refractivity contribution in [3.05, 3.63) is 35.9 Å². The topological polar surface area (TPSA) is 296 Å². The fourth-order valence-electron chi connectivity index (χ4n) is 13.2. The van der Waals surface area contributed by atoms with E-state index < -0.39 is 81.2 Å². The van der Waals surface area contributed by atoms with Crippen LogP contribution in [0.3, 0.4) is 0 Å². The van der Waals surface area contributed by atoms with Crippen molar-refractivity contribution >= 4 is 65.0 Å². The molecule has 2 amide bonds. The summed E-state index contributed by atoms with van der Waals surface area (Å²) in [6.45, 7) is 42.2. The van der Waals surface area contributed by atoms with Crippen molar-refractivity contribution in [2.45, 2.75) is 96.9 Å². The van der Waals surface area contributed by atoms with Gasteiger partial charge >= 0.3 is 12.0 Å². The Morgan fingerprint density at radius 3 is 1.32 bits per heavy atom. The average Bonchev–Trinajstić information content (AvgIpc) is 0.784. The van der Waals surface area contributed by atoms with Gasteiger partial charge in [-0.15, -0.1) is 51.4 Å². The van der Waals surface area contributed by atoms with Crippen LogP contribution >= 0.6 is 23.3 Å². The van der Waals surface area contributed by atoms with E-state index in [1.54, 1.807) is 42.3 Å². The molecule has 0 spiro atoms. The first-order chi connectivity index (χ1) is 65.0. The number of carbonyl (C=O) groups is 2. The second kappa shape index (κ2) is 74.9. The number of morpholine rings is 2. The van der Waals surface area contributed by atoms with Crippen molar-refractivity contribution in [1.29, 1.82) is 0 Å². The Labute approximate surface area is 882 Å². The molecule has 4 aliphatic rings. The lowest BCUT2D eigenvalue weighted by atomic mass is 10.1. The molecule has 0 bridgehead atoms. The summed E-state index contributed by atoms with van der Waals surface area (Å²) in [4.78, 5) is 31.4. The van der Waals surface area contributed by atoms with E-state index in [2.05, 4.69) is 193 Å². The number of hydrogen-bond acceptors (Lipinski definition) is 16. The predicted molar refractivity (Wildman–Crippen MR) is 585 cm³/mol. The van der Waals surface area contributed by atoms with Crippen molar-refractivity contribution in [3.8, 4) is 98.8 Å². The summed E-state index contributed by atoms with van der Waals surface area (Å²) in [5, 5.41) is 26.8. The largest absolute Gasteiger partial charge is 0.449 e. The van der Waals surface area contributed by atoms with Crippen LogP contribution in [0.25, 0.3) is 0 Å². The van der Waals surface area contributed by atoms with Gasteiger partial charge in [-0.05, 0) is 92.1 Å². The number of nitrogens with one attached hydrogen (secondary N) is 2. The molecule has 4 fully saturated rings. The van der Waals surface area contributed by atoms with Gasteiger partial charge in [0.15, 0.2) is 23.1 Å². The second-order valence-electron chi connectivity index (χ2n) is 44.5. The molecule has 6 atom stereocenters. The van der Waals surface area contributed by atoms with Gasteiger partial charge in [0, 0.05) is 30.9 Å². The van der Waals surface area contributed by atoms with E-state index in [0.29, 0.717) is 115 Å². The van der Waals surface area contributed by atoms with Crippen LogP contribution < -0.4 is 9.44 Å². The zero-order chi connectivity index (χ0) is 115. The number of aliphatic hydroxyl groups is 3. The summed E-state index contributed by atoms with van der Waals surface area (Å²) in [7, 11) is 35.2. The predicted octanol–water partition coefficient (Wildman–Crippen LogP) is 5.69. The zero-order valence-electron chi connectivity index (χ0n) is 95.2. The lowest BCUT2D eigenvalue weighted by Gasteiger charge is -2.42. The number of hydrogen-bond donors (Lipinski definition) is 6. The van der Waals surface area contributed by atoms with Gasteiger partial charge in [0.25, 0.3) is 5.91 Å². The average molecular weight is 2210 g/mol. The van der Waals surface area contributed by atoms with Crippen molar-refractivity contribution < 1.29 is 159 Å². The van der Waals surface area contributed by atoms with Gasteiger partial charge in [-0.2, -0.15) is 22.0 Å². The number of alkyl halides is 5. The molecule has 0 aromatic carbocycles. The number of likely N-dealkylation sites (N-methyl/N-ethyl adjacent to an activating group) is 8. The maximum Gasteiger partial charge on any atom is 0.449 e. The Morgan fingerprint density at radius 1 is 0.597 bits per heavy atom. The van der Waals surface area contributed by atoms with Crippen LogP contribution in [0.15, 0.2) is 35.9 Å². The molecule has 4 rings (SSSR count). The Hall–Kier alpha value is -5.99. The summed E-state index contributed by atoms with van der Waals surface area (Å²) >= 11 is 3.30. The minimum atomic E-state index is -4.72. The molecule has 6 N–H and O–H groups in total. The summed E-state index contributed by atoms with van der Waals surface area (Å²) in [6, 6.07) is 1.48. The Balaban J connectivity index is -0.000000196. The van der Waals surface area contributed by atoms with E-state index >= 15 is 0 Å². The molecule has 0 radical (unpaired) electrons. The molecule has 0 aliphatic carbocycles. The van der Waals surface area contributed by atoms with E-state index in [-0.39, 0.29) is 51.5 Å². The SMILES string of the molecule is C#CC[N+](C)(C)CC(=C)Br.C#CC[N+](C)(C)CC(=C)C.C#CC[N+](C)(C)CC(=O)NS(C)(=O)=O.C#CC[N+](C)(C)CC=C.C#CC[N+](C)(C)CCC(=O)NS(C)(=O)=O.C#CC[N+](C)(C)CCP(C)(=O)O.C#CC[N+](C)(C)CCS(C)(=O)=O.C#CC[N+]1(CF)CC[C@@H](O)C1.CCC1COCC[N+]1(C)C.CCC[N+](C)(C)C1COC1.CCC[N+](C)(C)COC.CC[N+](C)(CF)CCO.C[N+]1(C)CCOC(O)(C(F)(F)F)C1. The van der Waals surface area contributed by atoms with Gasteiger partial charge in [0.2, 0.25) is 46.9 Å². The molecule has 144 heavy (non-hydrogen) atoms. The molecule has 0 aromatic rings. The van der Waals surface area contributed by atoms with Crippen LogP contribution in [0.2, 0.25) is 0 Å². The smallest absolute Gasteiger partial charge is 0.391 e. The second-order valence-corrected chi connectivity index (χ2v) is 53.9. The van der Waals surface area contributed by atoms with Crippen LogP contribution in [0, 0.1) is 98.8 Å². The van der Waals surface area contributed by atoms with E-state index in [1.165, 1.54) is 57.4 Å². The highest BCUT2D eigenvalue weighted by Crippen LogP contribution is 2.36. The van der Waals surface area contributed by atoms with Crippen molar-refractivity contribution in [2.75, 3.05) is 424 Å². The highest BCUT2D eigenvalue weighted by atomic mass is 79.9. The number of sulfone groups is 1. The quantitative estimate of drug-likeness (QED) is 0.00816. The maximum atomic E-state index is 12.5. The fourth-order valence-corrected chi connectivity index (χ4v) is 16.7. The van der Waals surface area contributed by atoms with Gasteiger partial charge in [0.05, 0.1) is 272 Å². The number of halogens is 6. The number of aliphatic hydroxyl groups excluding tert-OH is 2. The van der Waals surface area contributed by atoms with Crippen LogP contribution in [-0.2, 0) is 63.0 Å². The summed E-state index contributed by atoms with van der Waals surface area (Å²) < 4.78 is 170. The van der Waals surface area contributed by atoms with Gasteiger partial charge in [0.1, 0.15) is 130 Å². The third kappa shape index (κ3) is 94.5. The monoisotopic (exact) mass is 2210 g/mol. The molecular formula is C102H203BrF5N15O17PS3+13. The number of likely N-dealkylation sites (tertiary alicyclic amines) is 1. The van der Waals surface area contributed by atoms with Crippen molar-refractivity contribution in [2.24, 2.45) is 0 Å². The number of sulfonamides is 2. The first kappa shape index (κ1) is 156. The van der Waals surface area contributed by atoms with Crippen molar-refractivity contribution in [1.82, 2.24) is 9.44 Å². The van der Waals surface area contributed by atoms with Gasteiger partial charge in [-0.3, -0.25) is 27.8 Å². The number of nitrogens with zero attached hydrogens (tertiary/aromatic N) is 13. The molecule has 42 heteroatoms. The normalized spacial score (nSPS) is 18.4. The summed E-state index contributed by atoms with van der Waals surface area (Å²) in [6.07, 6.45) is 46.0. The zero-order valence-corrected chi connectivity index (χ0v) is 100. The highest BCUT2D eigenvalue weighted by Gasteiger charge is 2.61. The minimum Gasteiger partial charge on any atom is -0.391 e. The van der Waals surface area contributed by atoms with Gasteiger partial charge in [-0.1, -0.05) is 56.4 Å². The van der Waals surface area contributed by atoms with E-state index in [1.807, 2.05) is 71.7 Å². The van der Waals surface area contributed by atoms with Crippen LogP contribution in [0.5, 0.6) is 0 Å². The van der Waals surface area contributed by atoms with E-state index in [4.69, 9.17) is 75.6 Å². The number of terminal acetylenes is 8. The van der Waals surface area contributed by atoms with E-state index in [0.717, 1.165) is 129 Å². The number of amides is 2. The van der Waals surface area contributed by atoms with Crippen molar-refractivity contribution in [3.63, 3.8) is 0 Å². The third-order valence-corrected chi connectivity index (χ3v) is 25.6. The van der Waals surface area contributed by atoms with Crippen LogP contribution in [0.4, 0.5) is 22.0 Å². The molecule has 0 aromatic heterocycles. The van der Waals surface area contributed by atoms with E-state index in [9.17, 15) is 71.6 Å². The summed E-state index contributed by atoms with van der Waals surface area (Å²) in [5.74, 6) is 16.5. The van der Waals surface area contributed by atoms with Crippen LogP contribution in [-0.4, -0.2) is 569 Å². The van der Waals surface area contributed by atoms with Gasteiger partial charge in [-0.25, -0.2) is 30.0 Å². The molecule has 840 valence electrons. The molecule has 4 saturated heterocycles. The number of methoxy groups -OCH3 is 1. The third-order valence-electron chi connectivity index (χ3n) is 22.2. The molecule has 5 unspecified atom stereocenters. The van der Waals surface area contributed by atoms with Gasteiger partial charge < -0.3 is 88.5 Å².